The summed E-state index contributed by atoms with van der Waals surface area (Å²) in [6.45, 7) is 2.33. The van der Waals surface area contributed by atoms with Gasteiger partial charge in [-0.3, -0.25) is 0 Å². The summed E-state index contributed by atoms with van der Waals surface area (Å²) >= 11 is 1.66. The number of thiophene rings is 1. The highest BCUT2D eigenvalue weighted by atomic mass is 32.1. The van der Waals surface area contributed by atoms with E-state index in [0.29, 0.717) is 19.8 Å². The molecule has 0 bridgehead atoms. The van der Waals surface area contributed by atoms with E-state index in [2.05, 4.69) is 11.2 Å². The van der Waals surface area contributed by atoms with E-state index in [1.54, 1.807) is 11.3 Å². The highest BCUT2D eigenvalue weighted by Crippen LogP contribution is 2.09. The van der Waals surface area contributed by atoms with Gasteiger partial charge < -0.3 is 15.2 Å². The predicted octanol–water partition coefficient (Wildman–Crippen LogP) is 1.63. The molecule has 1 atom stereocenters. The Morgan fingerprint density at radius 3 is 3.18 bits per heavy atom. The topological polar surface area (TPSA) is 41.5 Å². The quantitative estimate of drug-likeness (QED) is 0.519. The van der Waals surface area contributed by atoms with Gasteiger partial charge in [0.2, 0.25) is 0 Å². The third-order valence-electron chi connectivity index (χ3n) is 2.19. The Labute approximate surface area is 107 Å². The third kappa shape index (κ3) is 7.14. The molecule has 0 fully saturated rings. The Balaban J connectivity index is 1.94. The first-order chi connectivity index (χ1) is 8.33. The lowest BCUT2D eigenvalue weighted by Gasteiger charge is -2.11. The van der Waals surface area contributed by atoms with Crippen molar-refractivity contribution >= 4 is 11.3 Å². The second kappa shape index (κ2) is 9.20. The molecule has 1 aromatic rings. The van der Waals surface area contributed by atoms with Gasteiger partial charge in [0.15, 0.2) is 0 Å². The van der Waals surface area contributed by atoms with Crippen LogP contribution in [0.4, 0.5) is 0 Å². The average Bonchev–Trinajstić information content (AvgIpc) is 2.82. The van der Waals surface area contributed by atoms with E-state index in [-0.39, 0.29) is 0 Å². The molecule has 0 aliphatic heterocycles. The summed E-state index contributed by atoms with van der Waals surface area (Å²) in [5.41, 5.74) is 0. The maximum atomic E-state index is 9.61. The molecule has 94 valence electrons. The largest absolute Gasteiger partial charge is 0.389 e. The van der Waals surface area contributed by atoms with Crippen LogP contribution in [0.25, 0.3) is 0 Å². The number of hydrogen-bond donors (Lipinski definition) is 2. The van der Waals surface area contributed by atoms with E-state index >= 15 is 0 Å². The predicted molar refractivity (Wildman–Crippen MR) is 70.9 cm³/mol. The average molecular weight is 253 g/mol. The molecule has 1 aromatic heterocycles. The van der Waals surface area contributed by atoms with Crippen molar-refractivity contribution in [3.05, 3.63) is 22.4 Å². The van der Waals surface area contributed by atoms with E-state index in [4.69, 9.17) is 11.2 Å². The SMILES string of the molecule is C#CCCCNCC(O)COCc1cccs1. The number of aliphatic hydroxyl groups excluding tert-OH is 1. The molecule has 0 saturated heterocycles. The molecule has 0 saturated carbocycles. The summed E-state index contributed by atoms with van der Waals surface area (Å²) in [4.78, 5) is 1.18. The summed E-state index contributed by atoms with van der Waals surface area (Å²) in [5, 5.41) is 14.8. The van der Waals surface area contributed by atoms with E-state index in [1.165, 1.54) is 4.88 Å². The van der Waals surface area contributed by atoms with Crippen LogP contribution in [0.15, 0.2) is 17.5 Å². The summed E-state index contributed by atoms with van der Waals surface area (Å²) in [6.07, 6.45) is 6.40. The van der Waals surface area contributed by atoms with Crippen LogP contribution in [0, 0.1) is 12.3 Å². The van der Waals surface area contributed by atoms with Gasteiger partial charge in [-0.2, -0.15) is 0 Å². The number of unbranched alkanes of at least 4 members (excludes halogenated alkanes) is 1. The first-order valence-electron chi connectivity index (χ1n) is 5.75. The summed E-state index contributed by atoms with van der Waals surface area (Å²) in [7, 11) is 0. The van der Waals surface area contributed by atoms with Gasteiger partial charge in [0.1, 0.15) is 0 Å². The second-order valence-corrected chi connectivity index (χ2v) is 4.79. The first kappa shape index (κ1) is 14.2. The van der Waals surface area contributed by atoms with Crippen molar-refractivity contribution in [1.82, 2.24) is 5.32 Å². The highest BCUT2D eigenvalue weighted by Gasteiger charge is 2.03. The molecule has 0 aliphatic rings. The number of terminal acetylenes is 1. The van der Waals surface area contributed by atoms with Crippen molar-refractivity contribution < 1.29 is 9.84 Å². The van der Waals surface area contributed by atoms with Crippen LogP contribution in [0.3, 0.4) is 0 Å². The number of rotatable bonds is 9. The maximum Gasteiger partial charge on any atom is 0.0897 e. The fourth-order valence-electron chi connectivity index (χ4n) is 1.33. The minimum atomic E-state index is -0.458. The molecule has 17 heavy (non-hydrogen) atoms. The summed E-state index contributed by atoms with van der Waals surface area (Å²) < 4.78 is 5.41. The van der Waals surface area contributed by atoms with Gasteiger partial charge in [0.05, 0.1) is 19.3 Å². The van der Waals surface area contributed by atoms with E-state index < -0.39 is 6.10 Å². The van der Waals surface area contributed by atoms with Crippen LogP contribution in [0.5, 0.6) is 0 Å². The maximum absolute atomic E-state index is 9.61. The van der Waals surface area contributed by atoms with Crippen LogP contribution in [0.1, 0.15) is 17.7 Å². The lowest BCUT2D eigenvalue weighted by Crippen LogP contribution is -2.30. The Bertz CT molecular complexity index is 319. The molecule has 0 aliphatic carbocycles. The smallest absolute Gasteiger partial charge is 0.0897 e. The number of aliphatic hydroxyl groups is 1. The van der Waals surface area contributed by atoms with Crippen LogP contribution in [-0.4, -0.2) is 30.9 Å². The van der Waals surface area contributed by atoms with Crippen LogP contribution in [-0.2, 0) is 11.3 Å². The second-order valence-electron chi connectivity index (χ2n) is 3.76. The minimum Gasteiger partial charge on any atom is -0.389 e. The van der Waals surface area contributed by atoms with Crippen molar-refractivity contribution in [3.8, 4) is 12.3 Å². The van der Waals surface area contributed by atoms with E-state index in [1.807, 2.05) is 17.5 Å². The lowest BCUT2D eigenvalue weighted by molar-refractivity contribution is 0.0299. The molecule has 0 aromatic carbocycles. The van der Waals surface area contributed by atoms with Crippen LogP contribution >= 0.6 is 11.3 Å². The molecule has 2 N–H and O–H groups in total. The van der Waals surface area contributed by atoms with Crippen molar-refractivity contribution in [2.45, 2.75) is 25.6 Å². The van der Waals surface area contributed by atoms with Gasteiger partial charge in [-0.25, -0.2) is 0 Å². The Morgan fingerprint density at radius 2 is 2.47 bits per heavy atom. The van der Waals surface area contributed by atoms with E-state index in [9.17, 15) is 5.11 Å². The standard InChI is InChI=1S/C13H19NO2S/c1-2-3-4-7-14-9-12(15)10-16-11-13-6-5-8-17-13/h1,5-6,8,12,14-15H,3-4,7,9-11H2. The number of ether oxygens (including phenoxy) is 1. The molecule has 0 spiro atoms. The third-order valence-corrected chi connectivity index (χ3v) is 3.04. The molecule has 0 radical (unpaired) electrons. The molecule has 1 unspecified atom stereocenters. The van der Waals surface area contributed by atoms with Gasteiger partial charge in [-0.05, 0) is 24.4 Å². The zero-order valence-corrected chi connectivity index (χ0v) is 10.7. The lowest BCUT2D eigenvalue weighted by atomic mass is 10.3. The summed E-state index contributed by atoms with van der Waals surface area (Å²) in [5.74, 6) is 2.58. The zero-order chi connectivity index (χ0) is 12.3. The van der Waals surface area contributed by atoms with Crippen molar-refractivity contribution in [2.75, 3.05) is 19.7 Å². The van der Waals surface area contributed by atoms with Crippen molar-refractivity contribution in [2.24, 2.45) is 0 Å². The Hall–Kier alpha value is -0.860. The van der Waals surface area contributed by atoms with Crippen molar-refractivity contribution in [3.63, 3.8) is 0 Å². The van der Waals surface area contributed by atoms with Gasteiger partial charge >= 0.3 is 0 Å². The normalized spacial score (nSPS) is 12.2. The molecule has 4 heteroatoms. The Kier molecular flexibility index (Phi) is 7.69. The van der Waals surface area contributed by atoms with E-state index in [0.717, 1.165) is 19.4 Å². The molecular weight excluding hydrogens is 234 g/mol. The molecule has 0 amide bonds. The highest BCUT2D eigenvalue weighted by molar-refractivity contribution is 7.09. The van der Waals surface area contributed by atoms with Crippen LogP contribution < -0.4 is 5.32 Å². The Morgan fingerprint density at radius 1 is 1.59 bits per heavy atom. The number of nitrogens with one attached hydrogen (secondary N) is 1. The van der Waals surface area contributed by atoms with Crippen molar-refractivity contribution in [1.29, 1.82) is 0 Å². The van der Waals surface area contributed by atoms with Gasteiger partial charge in [-0.15, -0.1) is 23.7 Å². The van der Waals surface area contributed by atoms with Gasteiger partial charge in [0.25, 0.3) is 0 Å². The van der Waals surface area contributed by atoms with Gasteiger partial charge in [0, 0.05) is 17.8 Å². The molecule has 3 nitrogen and oxygen atoms in total. The number of hydrogen-bond acceptors (Lipinski definition) is 4. The fourth-order valence-corrected chi connectivity index (χ4v) is 1.97. The molecule has 1 heterocycles. The van der Waals surface area contributed by atoms with Crippen LogP contribution in [0.2, 0.25) is 0 Å². The fraction of sp³-hybridized carbons (Fsp3) is 0.538. The molecule has 1 rings (SSSR count). The van der Waals surface area contributed by atoms with Gasteiger partial charge in [-0.1, -0.05) is 6.07 Å². The first-order valence-corrected chi connectivity index (χ1v) is 6.63. The summed E-state index contributed by atoms with van der Waals surface area (Å²) in [6, 6.07) is 4.02. The minimum absolute atomic E-state index is 0.361. The molecular formula is C13H19NO2S. The zero-order valence-electron chi connectivity index (χ0n) is 9.89. The monoisotopic (exact) mass is 253 g/mol.